The fourth-order valence-corrected chi connectivity index (χ4v) is 4.23. The average molecular weight is 473 g/mol. The Balaban J connectivity index is 0.00000108. The Bertz CT molecular complexity index is 1170. The van der Waals surface area contributed by atoms with E-state index in [2.05, 4.69) is 30.5 Å². The maximum absolute atomic E-state index is 11.3. The molecule has 1 aliphatic carbocycles. The minimum absolute atomic E-state index is 0.0344. The molecule has 1 atom stereocenters. The maximum Gasteiger partial charge on any atom is 0.305 e. The standard InChI is InChI=1S/C27H28O5.C3H4/c1-29-25-6-4-5-23(27(25)31-3)20-10-14-22-19(17-20)11-15-24(22)32-21-12-7-18(8-13-21)9-16-26(28)30-2;1-3-2/h4-8,10,12-14,17,24H,9,11,15-16H2,1-3H3;1H,2H3. The van der Waals surface area contributed by atoms with E-state index in [-0.39, 0.29) is 12.1 Å². The number of terminal acetylenes is 1. The van der Waals surface area contributed by atoms with Gasteiger partial charge in [-0.3, -0.25) is 4.79 Å². The molecule has 3 aromatic carbocycles. The van der Waals surface area contributed by atoms with Crippen LogP contribution >= 0.6 is 0 Å². The summed E-state index contributed by atoms with van der Waals surface area (Å²) in [6.07, 6.45) is 7.59. The highest BCUT2D eigenvalue weighted by Crippen LogP contribution is 2.41. The van der Waals surface area contributed by atoms with Crippen molar-refractivity contribution in [3.05, 3.63) is 77.4 Å². The highest BCUT2D eigenvalue weighted by molar-refractivity contribution is 5.75. The van der Waals surface area contributed by atoms with Crippen LogP contribution in [0.5, 0.6) is 17.2 Å². The quantitative estimate of drug-likeness (QED) is 0.289. The highest BCUT2D eigenvalue weighted by Gasteiger charge is 2.25. The first-order chi connectivity index (χ1) is 17.0. The van der Waals surface area contributed by atoms with E-state index in [0.717, 1.165) is 46.8 Å². The van der Waals surface area contributed by atoms with E-state index in [4.69, 9.17) is 18.9 Å². The smallest absolute Gasteiger partial charge is 0.305 e. The number of carbonyl (C=O) groups is 1. The summed E-state index contributed by atoms with van der Waals surface area (Å²) in [5.74, 6) is 4.36. The third-order valence-electron chi connectivity index (χ3n) is 5.93. The predicted octanol–water partition coefficient (Wildman–Crippen LogP) is 6.18. The van der Waals surface area contributed by atoms with Crippen molar-refractivity contribution in [2.45, 2.75) is 38.7 Å². The number of hydrogen-bond acceptors (Lipinski definition) is 5. The van der Waals surface area contributed by atoms with Gasteiger partial charge in [0.15, 0.2) is 11.5 Å². The molecule has 0 spiro atoms. The predicted molar refractivity (Wildman–Crippen MR) is 138 cm³/mol. The molecule has 0 N–H and O–H groups in total. The summed E-state index contributed by atoms with van der Waals surface area (Å²) in [5.41, 5.74) is 5.74. The minimum atomic E-state index is -0.196. The summed E-state index contributed by atoms with van der Waals surface area (Å²) in [6.45, 7) is 1.65. The van der Waals surface area contributed by atoms with Crippen molar-refractivity contribution < 1.29 is 23.7 Å². The third-order valence-corrected chi connectivity index (χ3v) is 5.93. The van der Waals surface area contributed by atoms with Gasteiger partial charge in [0.1, 0.15) is 11.9 Å². The number of para-hydroxylation sites is 1. The van der Waals surface area contributed by atoms with Crippen molar-refractivity contribution >= 4 is 5.97 Å². The van der Waals surface area contributed by atoms with E-state index in [1.165, 1.54) is 18.2 Å². The largest absolute Gasteiger partial charge is 0.493 e. The van der Waals surface area contributed by atoms with Crippen LogP contribution in [0.1, 0.15) is 42.6 Å². The Hall–Kier alpha value is -3.91. The molecular weight excluding hydrogens is 440 g/mol. The summed E-state index contributed by atoms with van der Waals surface area (Å²) in [6, 6.07) is 20.4. The van der Waals surface area contributed by atoms with Crippen LogP contribution in [0, 0.1) is 12.3 Å². The molecule has 4 rings (SSSR count). The Morgan fingerprint density at radius 3 is 2.43 bits per heavy atom. The van der Waals surface area contributed by atoms with E-state index in [9.17, 15) is 4.79 Å². The van der Waals surface area contributed by atoms with Gasteiger partial charge in [0.25, 0.3) is 0 Å². The first kappa shape index (κ1) is 25.7. The lowest BCUT2D eigenvalue weighted by atomic mass is 9.99. The first-order valence-electron chi connectivity index (χ1n) is 11.6. The van der Waals surface area contributed by atoms with Gasteiger partial charge in [-0.15, -0.1) is 12.3 Å². The number of rotatable bonds is 8. The SMILES string of the molecule is C#CC.COC(=O)CCc1ccc(OC2CCc3cc(-c4cccc(OC)c4OC)ccc32)cc1. The maximum atomic E-state index is 11.3. The van der Waals surface area contributed by atoms with Gasteiger partial charge in [0.2, 0.25) is 0 Å². The van der Waals surface area contributed by atoms with E-state index >= 15 is 0 Å². The zero-order chi connectivity index (χ0) is 25.2. The molecule has 0 radical (unpaired) electrons. The average Bonchev–Trinajstić information content (AvgIpc) is 3.29. The number of fused-ring (bicyclic) bond motifs is 1. The second kappa shape index (κ2) is 12.5. The molecule has 0 bridgehead atoms. The van der Waals surface area contributed by atoms with Gasteiger partial charge >= 0.3 is 5.97 Å². The van der Waals surface area contributed by atoms with Crippen LogP contribution in [0.2, 0.25) is 0 Å². The number of esters is 1. The molecule has 35 heavy (non-hydrogen) atoms. The lowest BCUT2D eigenvalue weighted by Gasteiger charge is -2.16. The molecule has 0 aromatic heterocycles. The number of aryl methyl sites for hydroxylation is 2. The van der Waals surface area contributed by atoms with Gasteiger partial charge in [-0.2, -0.15) is 0 Å². The Morgan fingerprint density at radius 1 is 1.03 bits per heavy atom. The van der Waals surface area contributed by atoms with Crippen molar-refractivity contribution in [3.8, 4) is 40.7 Å². The molecule has 0 heterocycles. The highest BCUT2D eigenvalue weighted by atomic mass is 16.5. The molecule has 182 valence electrons. The van der Waals surface area contributed by atoms with Crippen molar-refractivity contribution in [1.82, 2.24) is 0 Å². The molecule has 0 fully saturated rings. The zero-order valence-corrected chi connectivity index (χ0v) is 20.8. The summed E-state index contributed by atoms with van der Waals surface area (Å²) < 4.78 is 22.1. The van der Waals surface area contributed by atoms with Crippen LogP contribution < -0.4 is 14.2 Å². The molecular formula is C30H32O5. The summed E-state index contributed by atoms with van der Waals surface area (Å²) in [7, 11) is 4.73. The van der Waals surface area contributed by atoms with Crippen LogP contribution in [-0.4, -0.2) is 27.3 Å². The van der Waals surface area contributed by atoms with E-state index in [1.807, 2.05) is 42.5 Å². The lowest BCUT2D eigenvalue weighted by Crippen LogP contribution is -2.04. The van der Waals surface area contributed by atoms with Gasteiger partial charge < -0.3 is 18.9 Å². The number of hydrogen-bond donors (Lipinski definition) is 0. The van der Waals surface area contributed by atoms with Crippen LogP contribution in [0.3, 0.4) is 0 Å². The Labute approximate surface area is 208 Å². The Kier molecular flexibility index (Phi) is 9.20. The molecule has 0 amide bonds. The van der Waals surface area contributed by atoms with E-state index < -0.39 is 0 Å². The normalized spacial score (nSPS) is 13.5. The van der Waals surface area contributed by atoms with Crippen LogP contribution in [0.4, 0.5) is 0 Å². The van der Waals surface area contributed by atoms with Gasteiger partial charge in [0.05, 0.1) is 21.3 Å². The van der Waals surface area contributed by atoms with Crippen LogP contribution in [0.15, 0.2) is 60.7 Å². The number of methoxy groups -OCH3 is 3. The van der Waals surface area contributed by atoms with Crippen LogP contribution in [-0.2, 0) is 22.4 Å². The molecule has 1 unspecified atom stereocenters. The second-order valence-corrected chi connectivity index (χ2v) is 8.11. The number of benzene rings is 3. The number of carbonyl (C=O) groups excluding carboxylic acids is 1. The monoisotopic (exact) mass is 472 g/mol. The minimum Gasteiger partial charge on any atom is -0.493 e. The topological polar surface area (TPSA) is 54.0 Å². The summed E-state index contributed by atoms with van der Waals surface area (Å²) in [4.78, 5) is 11.3. The Morgan fingerprint density at radius 2 is 1.77 bits per heavy atom. The molecule has 0 aliphatic heterocycles. The van der Waals surface area contributed by atoms with Gasteiger partial charge in [0, 0.05) is 12.0 Å². The van der Waals surface area contributed by atoms with Gasteiger partial charge in [-0.25, -0.2) is 0 Å². The number of ether oxygens (including phenoxy) is 4. The van der Waals surface area contributed by atoms with E-state index in [0.29, 0.717) is 12.8 Å². The fourth-order valence-electron chi connectivity index (χ4n) is 4.23. The fraction of sp³-hybridized carbons (Fsp3) is 0.300. The molecule has 3 aromatic rings. The van der Waals surface area contributed by atoms with Crippen molar-refractivity contribution in [1.29, 1.82) is 0 Å². The molecule has 5 heteroatoms. The van der Waals surface area contributed by atoms with Crippen molar-refractivity contribution in [2.75, 3.05) is 21.3 Å². The summed E-state index contributed by atoms with van der Waals surface area (Å²) >= 11 is 0. The van der Waals surface area contributed by atoms with Gasteiger partial charge in [-0.05, 0) is 66.6 Å². The third kappa shape index (κ3) is 6.36. The second-order valence-electron chi connectivity index (χ2n) is 8.11. The molecule has 0 saturated carbocycles. The molecule has 1 aliphatic rings. The lowest BCUT2D eigenvalue weighted by molar-refractivity contribution is -0.140. The van der Waals surface area contributed by atoms with Crippen molar-refractivity contribution in [3.63, 3.8) is 0 Å². The van der Waals surface area contributed by atoms with E-state index in [1.54, 1.807) is 21.1 Å². The first-order valence-corrected chi connectivity index (χ1v) is 11.6. The zero-order valence-electron chi connectivity index (χ0n) is 20.8. The summed E-state index contributed by atoms with van der Waals surface area (Å²) in [5, 5.41) is 0. The van der Waals surface area contributed by atoms with Gasteiger partial charge in [-0.1, -0.05) is 42.5 Å². The van der Waals surface area contributed by atoms with Crippen molar-refractivity contribution in [2.24, 2.45) is 0 Å². The molecule has 0 saturated heterocycles. The molecule has 5 nitrogen and oxygen atoms in total. The van der Waals surface area contributed by atoms with Crippen LogP contribution in [0.25, 0.3) is 11.1 Å².